The molecule has 0 saturated heterocycles. The van der Waals surface area contributed by atoms with Gasteiger partial charge in [-0.1, -0.05) is 30.3 Å². The van der Waals surface area contributed by atoms with Gasteiger partial charge in [-0.15, -0.1) is 23.1 Å². The fourth-order valence-electron chi connectivity index (χ4n) is 3.07. The maximum absolute atomic E-state index is 13.3. The summed E-state index contributed by atoms with van der Waals surface area (Å²) in [6, 6.07) is 18.4. The van der Waals surface area contributed by atoms with Gasteiger partial charge in [0.2, 0.25) is 0 Å². The number of likely N-dealkylation sites (N-methyl/N-ethyl adjacent to an activating group) is 1. The molecule has 2 N–H and O–H groups in total. The van der Waals surface area contributed by atoms with E-state index in [9.17, 15) is 9.18 Å². The molecule has 2 atom stereocenters. The number of amides is 1. The molecule has 3 nitrogen and oxygen atoms in total. The van der Waals surface area contributed by atoms with Crippen LogP contribution < -0.4 is 10.2 Å². The molecule has 0 aliphatic rings. The van der Waals surface area contributed by atoms with Gasteiger partial charge in [0.05, 0.1) is 13.1 Å². The van der Waals surface area contributed by atoms with E-state index in [1.54, 1.807) is 35.2 Å². The summed E-state index contributed by atoms with van der Waals surface area (Å²) in [6.07, 6.45) is 2.06. The van der Waals surface area contributed by atoms with Crippen molar-refractivity contribution in [2.75, 3.05) is 19.8 Å². The number of thioether (sulfide) groups is 1. The van der Waals surface area contributed by atoms with Gasteiger partial charge in [-0.05, 0) is 47.5 Å². The highest BCUT2D eigenvalue weighted by Gasteiger charge is 2.20. The Morgan fingerprint density at radius 2 is 1.86 bits per heavy atom. The monoisotopic (exact) mass is 415 g/mol. The van der Waals surface area contributed by atoms with E-state index in [-0.39, 0.29) is 17.8 Å². The van der Waals surface area contributed by atoms with Gasteiger partial charge in [0.1, 0.15) is 12.4 Å². The second-order valence-corrected chi connectivity index (χ2v) is 8.59. The predicted octanol–water partition coefficient (Wildman–Crippen LogP) is 3.53. The fourth-order valence-corrected chi connectivity index (χ4v) is 4.28. The minimum Gasteiger partial charge on any atom is -0.339 e. The topological polar surface area (TPSA) is 33.5 Å². The summed E-state index contributed by atoms with van der Waals surface area (Å²) in [6.45, 7) is 1.15. The quantitative estimate of drug-likeness (QED) is 0.552. The van der Waals surface area contributed by atoms with Gasteiger partial charge in [-0.3, -0.25) is 4.79 Å². The Labute approximate surface area is 173 Å². The van der Waals surface area contributed by atoms with Crippen LogP contribution in [0.3, 0.4) is 0 Å². The van der Waals surface area contributed by atoms with E-state index < -0.39 is 0 Å². The number of quaternary nitrogens is 1. The third kappa shape index (κ3) is 5.67. The van der Waals surface area contributed by atoms with Gasteiger partial charge in [0.15, 0.2) is 6.54 Å². The number of rotatable bonds is 8. The number of hydrogen-bond acceptors (Lipinski definition) is 3. The number of thiophene rings is 1. The molecule has 28 heavy (non-hydrogen) atoms. The minimum atomic E-state index is -0.281. The largest absolute Gasteiger partial charge is 0.339 e. The Hall–Kier alpha value is -2.15. The maximum atomic E-state index is 13.3. The lowest BCUT2D eigenvalue weighted by Crippen LogP contribution is -3.08. The van der Waals surface area contributed by atoms with E-state index in [4.69, 9.17) is 0 Å². The van der Waals surface area contributed by atoms with Crippen molar-refractivity contribution >= 4 is 29.0 Å². The zero-order valence-corrected chi connectivity index (χ0v) is 17.6. The molecule has 1 amide bonds. The molecule has 1 aromatic heterocycles. The van der Waals surface area contributed by atoms with Crippen LogP contribution in [0.5, 0.6) is 0 Å². The molecule has 1 unspecified atom stereocenters. The van der Waals surface area contributed by atoms with Crippen LogP contribution >= 0.6 is 23.1 Å². The van der Waals surface area contributed by atoms with Crippen LogP contribution in [0.25, 0.3) is 0 Å². The van der Waals surface area contributed by atoms with Crippen LogP contribution in [0.15, 0.2) is 70.9 Å². The summed E-state index contributed by atoms with van der Waals surface area (Å²) >= 11 is 3.30. The van der Waals surface area contributed by atoms with Gasteiger partial charge in [-0.2, -0.15) is 0 Å². The van der Waals surface area contributed by atoms with E-state index >= 15 is 0 Å². The predicted molar refractivity (Wildman–Crippen MR) is 114 cm³/mol. The lowest BCUT2D eigenvalue weighted by molar-refractivity contribution is -0.885. The molecule has 3 aromatic rings. The van der Waals surface area contributed by atoms with E-state index in [1.807, 2.05) is 24.6 Å². The zero-order valence-electron chi connectivity index (χ0n) is 15.9. The molecule has 3 rings (SSSR count). The molecule has 0 fully saturated rings. The molecular formula is C22H24FN2OS2+. The number of carbonyl (C=O) groups excluding carboxylic acids is 1. The first-order chi connectivity index (χ1) is 13.5. The van der Waals surface area contributed by atoms with Crippen molar-refractivity contribution < 1.29 is 14.1 Å². The van der Waals surface area contributed by atoms with Crippen LogP contribution in [0, 0.1) is 5.82 Å². The summed E-state index contributed by atoms with van der Waals surface area (Å²) < 4.78 is 13.3. The Bertz CT molecular complexity index is 880. The van der Waals surface area contributed by atoms with Gasteiger partial charge in [0, 0.05) is 15.3 Å². The van der Waals surface area contributed by atoms with Crippen LogP contribution in [0.1, 0.15) is 22.0 Å². The molecule has 0 saturated carbocycles. The number of halogens is 1. The summed E-state index contributed by atoms with van der Waals surface area (Å²) in [4.78, 5) is 16.1. The van der Waals surface area contributed by atoms with Crippen molar-refractivity contribution in [2.45, 2.75) is 17.5 Å². The molecule has 0 aliphatic heterocycles. The summed E-state index contributed by atoms with van der Waals surface area (Å²) in [5.41, 5.74) is 2.08. The molecule has 2 aromatic carbocycles. The number of benzene rings is 2. The maximum Gasteiger partial charge on any atom is 0.275 e. The highest BCUT2D eigenvalue weighted by Crippen LogP contribution is 2.26. The molecular weight excluding hydrogens is 391 g/mol. The highest BCUT2D eigenvalue weighted by molar-refractivity contribution is 7.98. The first-order valence-electron chi connectivity index (χ1n) is 9.07. The molecule has 0 aliphatic carbocycles. The van der Waals surface area contributed by atoms with Crippen molar-refractivity contribution in [1.29, 1.82) is 0 Å². The lowest BCUT2D eigenvalue weighted by Gasteiger charge is -2.20. The summed E-state index contributed by atoms with van der Waals surface area (Å²) in [5.74, 6) is -0.308. The molecule has 0 bridgehead atoms. The standard InChI is InChI=1S/C22H23FN2OS2/c1-25(14-16-5-11-19(27-2)12-6-16)15-21(26)24-22(20-4-3-13-28-20)17-7-9-18(23)10-8-17/h3-13,22H,14-15H2,1-2H3,(H,24,26)/p+1/t22-/m0/s1. The van der Waals surface area contributed by atoms with Crippen molar-refractivity contribution in [3.8, 4) is 0 Å². The Morgan fingerprint density at radius 1 is 1.14 bits per heavy atom. The fraction of sp³-hybridized carbons (Fsp3) is 0.227. The van der Waals surface area contributed by atoms with Crippen molar-refractivity contribution in [2.24, 2.45) is 0 Å². The number of carbonyl (C=O) groups is 1. The van der Waals surface area contributed by atoms with Gasteiger partial charge >= 0.3 is 0 Å². The molecule has 0 spiro atoms. The SMILES string of the molecule is CSc1ccc(C[NH+](C)CC(=O)N[C@@H](c2ccc(F)cc2)c2cccs2)cc1. The third-order valence-corrected chi connectivity index (χ3v) is 6.14. The first kappa shape index (κ1) is 20.6. The van der Waals surface area contributed by atoms with Crippen molar-refractivity contribution in [3.05, 3.63) is 87.9 Å². The third-order valence-electron chi connectivity index (χ3n) is 4.46. The van der Waals surface area contributed by atoms with Gasteiger partial charge in [0.25, 0.3) is 5.91 Å². The van der Waals surface area contributed by atoms with Crippen LogP contribution in [0.2, 0.25) is 0 Å². The van der Waals surface area contributed by atoms with Gasteiger partial charge < -0.3 is 10.2 Å². The average Bonchev–Trinajstić information content (AvgIpc) is 3.22. The first-order valence-corrected chi connectivity index (χ1v) is 11.2. The molecule has 1 heterocycles. The second-order valence-electron chi connectivity index (χ2n) is 6.73. The van der Waals surface area contributed by atoms with Crippen molar-refractivity contribution in [1.82, 2.24) is 5.32 Å². The van der Waals surface area contributed by atoms with Crippen LogP contribution in [-0.2, 0) is 11.3 Å². The highest BCUT2D eigenvalue weighted by atomic mass is 32.2. The lowest BCUT2D eigenvalue weighted by atomic mass is 10.1. The smallest absolute Gasteiger partial charge is 0.275 e. The number of nitrogens with one attached hydrogen (secondary N) is 2. The Balaban J connectivity index is 1.63. The number of hydrogen-bond donors (Lipinski definition) is 2. The Morgan fingerprint density at radius 3 is 2.46 bits per heavy atom. The van der Waals surface area contributed by atoms with Crippen LogP contribution in [-0.4, -0.2) is 25.8 Å². The Kier molecular flexibility index (Phi) is 7.25. The van der Waals surface area contributed by atoms with Gasteiger partial charge in [-0.25, -0.2) is 4.39 Å². The normalized spacial score (nSPS) is 13.1. The van der Waals surface area contributed by atoms with E-state index in [0.29, 0.717) is 6.54 Å². The molecule has 6 heteroatoms. The summed E-state index contributed by atoms with van der Waals surface area (Å²) in [7, 11) is 2.01. The van der Waals surface area contributed by atoms with Crippen LogP contribution in [0.4, 0.5) is 4.39 Å². The zero-order chi connectivity index (χ0) is 19.9. The van der Waals surface area contributed by atoms with E-state index in [2.05, 4.69) is 35.8 Å². The average molecular weight is 416 g/mol. The molecule has 0 radical (unpaired) electrons. The minimum absolute atomic E-state index is 0.0269. The van der Waals surface area contributed by atoms with E-state index in [0.717, 1.165) is 21.9 Å². The second kappa shape index (κ2) is 9.87. The summed E-state index contributed by atoms with van der Waals surface area (Å²) in [5, 5.41) is 5.09. The molecule has 146 valence electrons. The van der Waals surface area contributed by atoms with Crippen molar-refractivity contribution in [3.63, 3.8) is 0 Å². The van der Waals surface area contributed by atoms with E-state index in [1.165, 1.54) is 22.6 Å².